The lowest BCUT2D eigenvalue weighted by molar-refractivity contribution is 0.735. The highest BCUT2D eigenvalue weighted by atomic mass is 79.9. The molecule has 0 aliphatic heterocycles. The van der Waals surface area contributed by atoms with Crippen LogP contribution in [0.4, 0.5) is 0 Å². The van der Waals surface area contributed by atoms with Gasteiger partial charge in [-0.15, -0.1) is 0 Å². The van der Waals surface area contributed by atoms with Crippen LogP contribution in [0.25, 0.3) is 10.9 Å². The lowest BCUT2D eigenvalue weighted by atomic mass is 10.1. The first-order valence-corrected chi connectivity index (χ1v) is 5.83. The number of benzene rings is 1. The molecule has 0 amide bonds. The Hall–Kier alpha value is -0.830. The topological polar surface area (TPSA) is 17.8 Å². The van der Waals surface area contributed by atoms with Crippen LogP contribution in [0.3, 0.4) is 0 Å². The van der Waals surface area contributed by atoms with Crippen LogP contribution in [0.15, 0.2) is 24.3 Å². The number of hydrogen-bond acceptors (Lipinski definition) is 1. The van der Waals surface area contributed by atoms with Gasteiger partial charge in [-0.25, -0.2) is 0 Å². The number of nitrogens with zero attached hydrogens (tertiary/aromatic N) is 2. The van der Waals surface area contributed by atoms with Crippen molar-refractivity contribution in [2.75, 3.05) is 5.33 Å². The first-order valence-electron chi connectivity index (χ1n) is 4.71. The maximum absolute atomic E-state index is 4.55. The van der Waals surface area contributed by atoms with Gasteiger partial charge in [0.25, 0.3) is 0 Å². The van der Waals surface area contributed by atoms with Crippen molar-refractivity contribution in [2.24, 2.45) is 7.05 Å². The van der Waals surface area contributed by atoms with Gasteiger partial charge >= 0.3 is 0 Å². The third-order valence-electron chi connectivity index (χ3n) is 2.48. The highest BCUT2D eigenvalue weighted by molar-refractivity contribution is 9.09. The largest absolute Gasteiger partial charge is 0.268 e. The summed E-state index contributed by atoms with van der Waals surface area (Å²) >= 11 is 3.50. The molecule has 1 unspecified atom stereocenters. The van der Waals surface area contributed by atoms with Gasteiger partial charge in [0.1, 0.15) is 0 Å². The Balaban J connectivity index is 2.66. The van der Waals surface area contributed by atoms with E-state index in [0.29, 0.717) is 5.92 Å². The summed E-state index contributed by atoms with van der Waals surface area (Å²) in [6.45, 7) is 2.18. The predicted octanol–water partition coefficient (Wildman–Crippen LogP) is 3.07. The molecule has 1 heterocycles. The van der Waals surface area contributed by atoms with Gasteiger partial charge in [0.2, 0.25) is 0 Å². The monoisotopic (exact) mass is 252 g/mol. The number of hydrogen-bond donors (Lipinski definition) is 0. The summed E-state index contributed by atoms with van der Waals surface area (Å²) in [7, 11) is 1.99. The fourth-order valence-electron chi connectivity index (χ4n) is 1.68. The van der Waals surface area contributed by atoms with Crippen molar-refractivity contribution in [1.82, 2.24) is 9.78 Å². The van der Waals surface area contributed by atoms with Crippen LogP contribution in [-0.2, 0) is 7.05 Å². The van der Waals surface area contributed by atoms with E-state index in [0.717, 1.165) is 5.33 Å². The van der Waals surface area contributed by atoms with Crippen LogP contribution in [0.1, 0.15) is 18.5 Å². The molecule has 0 saturated carbocycles. The van der Waals surface area contributed by atoms with E-state index in [4.69, 9.17) is 0 Å². The number of fused-ring (bicyclic) bond motifs is 1. The average molecular weight is 253 g/mol. The zero-order valence-corrected chi connectivity index (χ0v) is 9.95. The minimum atomic E-state index is 0.459. The van der Waals surface area contributed by atoms with E-state index in [2.05, 4.69) is 46.2 Å². The molecule has 74 valence electrons. The van der Waals surface area contributed by atoms with Crippen LogP contribution in [0.5, 0.6) is 0 Å². The summed E-state index contributed by atoms with van der Waals surface area (Å²) in [5, 5.41) is 6.77. The number of aryl methyl sites for hydroxylation is 1. The number of halogens is 1. The van der Waals surface area contributed by atoms with E-state index in [9.17, 15) is 0 Å². The number of aromatic nitrogens is 2. The SMILES string of the molecule is CC(CBr)c1nn(C)c2ccccc12. The summed E-state index contributed by atoms with van der Waals surface area (Å²) in [5.74, 6) is 0.459. The van der Waals surface area contributed by atoms with E-state index < -0.39 is 0 Å². The van der Waals surface area contributed by atoms with E-state index in [-0.39, 0.29) is 0 Å². The molecule has 2 aromatic rings. The Morgan fingerprint density at radius 2 is 2.14 bits per heavy atom. The lowest BCUT2D eigenvalue weighted by Gasteiger charge is -2.02. The second-order valence-corrected chi connectivity index (χ2v) is 4.23. The van der Waals surface area contributed by atoms with Crippen LogP contribution < -0.4 is 0 Å². The summed E-state index contributed by atoms with van der Waals surface area (Å²) < 4.78 is 1.95. The van der Waals surface area contributed by atoms with Crippen molar-refractivity contribution in [3.63, 3.8) is 0 Å². The molecule has 0 fully saturated rings. The smallest absolute Gasteiger partial charge is 0.0739 e. The summed E-state index contributed by atoms with van der Waals surface area (Å²) in [6.07, 6.45) is 0. The van der Waals surface area contributed by atoms with Crippen molar-refractivity contribution in [3.05, 3.63) is 30.0 Å². The Bertz CT molecular complexity index is 447. The molecule has 0 aliphatic rings. The Kier molecular flexibility index (Phi) is 2.59. The van der Waals surface area contributed by atoms with Crippen LogP contribution in [0.2, 0.25) is 0 Å². The molecule has 2 nitrogen and oxygen atoms in total. The molecule has 14 heavy (non-hydrogen) atoms. The maximum atomic E-state index is 4.55. The summed E-state index contributed by atoms with van der Waals surface area (Å²) in [4.78, 5) is 0. The molecule has 1 aromatic heterocycles. The Morgan fingerprint density at radius 1 is 1.43 bits per heavy atom. The number of rotatable bonds is 2. The zero-order valence-electron chi connectivity index (χ0n) is 8.37. The fraction of sp³-hybridized carbons (Fsp3) is 0.364. The lowest BCUT2D eigenvalue weighted by Crippen LogP contribution is -1.97. The molecule has 0 spiro atoms. The van der Waals surface area contributed by atoms with E-state index >= 15 is 0 Å². The molecular formula is C11H13BrN2. The molecule has 0 bridgehead atoms. The quantitative estimate of drug-likeness (QED) is 0.752. The number of alkyl halides is 1. The van der Waals surface area contributed by atoms with E-state index in [1.807, 2.05) is 17.8 Å². The molecule has 0 N–H and O–H groups in total. The molecular weight excluding hydrogens is 240 g/mol. The highest BCUT2D eigenvalue weighted by Crippen LogP contribution is 2.25. The Morgan fingerprint density at radius 3 is 2.86 bits per heavy atom. The fourth-order valence-corrected chi connectivity index (χ4v) is 1.99. The van der Waals surface area contributed by atoms with Gasteiger partial charge in [-0.1, -0.05) is 41.1 Å². The van der Waals surface area contributed by atoms with Gasteiger partial charge in [0.15, 0.2) is 0 Å². The average Bonchev–Trinajstić information content (AvgIpc) is 2.56. The van der Waals surface area contributed by atoms with Crippen LogP contribution in [-0.4, -0.2) is 15.1 Å². The summed E-state index contributed by atoms with van der Waals surface area (Å²) in [6, 6.07) is 8.35. The van der Waals surface area contributed by atoms with Crippen LogP contribution in [0, 0.1) is 0 Å². The predicted molar refractivity (Wildman–Crippen MR) is 62.9 cm³/mol. The van der Waals surface area contributed by atoms with Gasteiger partial charge < -0.3 is 0 Å². The van der Waals surface area contributed by atoms with Crippen molar-refractivity contribution < 1.29 is 0 Å². The third kappa shape index (κ3) is 1.46. The second kappa shape index (κ2) is 3.73. The zero-order chi connectivity index (χ0) is 10.1. The standard InChI is InChI=1S/C11H13BrN2/c1-8(7-12)11-9-5-3-4-6-10(9)14(2)13-11/h3-6,8H,7H2,1-2H3. The van der Waals surface area contributed by atoms with Gasteiger partial charge in [-0.2, -0.15) is 5.10 Å². The minimum absolute atomic E-state index is 0.459. The van der Waals surface area contributed by atoms with Gasteiger partial charge in [0, 0.05) is 23.7 Å². The van der Waals surface area contributed by atoms with Crippen molar-refractivity contribution >= 4 is 26.8 Å². The van der Waals surface area contributed by atoms with Gasteiger partial charge in [-0.3, -0.25) is 4.68 Å². The molecule has 2 rings (SSSR count). The van der Waals surface area contributed by atoms with E-state index in [1.54, 1.807) is 0 Å². The second-order valence-electron chi connectivity index (χ2n) is 3.58. The van der Waals surface area contributed by atoms with Gasteiger partial charge in [-0.05, 0) is 6.07 Å². The number of para-hydroxylation sites is 1. The maximum Gasteiger partial charge on any atom is 0.0739 e. The first-order chi connectivity index (χ1) is 6.74. The molecule has 0 radical (unpaired) electrons. The van der Waals surface area contributed by atoms with Crippen molar-refractivity contribution in [2.45, 2.75) is 12.8 Å². The molecule has 3 heteroatoms. The first kappa shape index (κ1) is 9.71. The van der Waals surface area contributed by atoms with Crippen molar-refractivity contribution in [1.29, 1.82) is 0 Å². The molecule has 1 aromatic carbocycles. The molecule has 0 saturated heterocycles. The van der Waals surface area contributed by atoms with Crippen molar-refractivity contribution in [3.8, 4) is 0 Å². The Labute approximate surface area is 92.0 Å². The van der Waals surface area contributed by atoms with Gasteiger partial charge in [0.05, 0.1) is 11.2 Å². The third-order valence-corrected chi connectivity index (χ3v) is 3.46. The normalized spacial score (nSPS) is 13.4. The minimum Gasteiger partial charge on any atom is -0.268 e. The summed E-state index contributed by atoms with van der Waals surface area (Å²) in [5.41, 5.74) is 2.38. The van der Waals surface area contributed by atoms with Crippen LogP contribution >= 0.6 is 15.9 Å². The highest BCUT2D eigenvalue weighted by Gasteiger charge is 2.12. The van der Waals surface area contributed by atoms with E-state index in [1.165, 1.54) is 16.6 Å². The molecule has 0 aliphatic carbocycles. The molecule has 1 atom stereocenters.